The molecule has 2 heterocycles. The Morgan fingerprint density at radius 3 is 3.10 bits per heavy atom. The Labute approximate surface area is 127 Å². The predicted octanol–water partition coefficient (Wildman–Crippen LogP) is 1.86. The normalized spacial score (nSPS) is 10.3. The van der Waals surface area contributed by atoms with E-state index in [1.165, 1.54) is 11.3 Å². The first-order valence-electron chi connectivity index (χ1n) is 6.61. The van der Waals surface area contributed by atoms with E-state index < -0.39 is 0 Å². The summed E-state index contributed by atoms with van der Waals surface area (Å²) in [5, 5.41) is 11.1. The lowest BCUT2D eigenvalue weighted by Crippen LogP contribution is -2.22. The van der Waals surface area contributed by atoms with Crippen LogP contribution in [0.4, 0.5) is 10.7 Å². The highest BCUT2D eigenvalue weighted by molar-refractivity contribution is 7.18. The Morgan fingerprint density at radius 1 is 1.62 bits per heavy atom. The first-order valence-corrected chi connectivity index (χ1v) is 7.43. The molecule has 0 saturated carbocycles. The van der Waals surface area contributed by atoms with E-state index in [4.69, 9.17) is 5.73 Å². The van der Waals surface area contributed by atoms with Gasteiger partial charge in [0.05, 0.1) is 23.4 Å². The van der Waals surface area contributed by atoms with Gasteiger partial charge in [-0.15, -0.1) is 17.9 Å². The van der Waals surface area contributed by atoms with Crippen LogP contribution in [-0.2, 0) is 6.54 Å². The Bertz CT molecular complexity index is 631. The largest absolute Gasteiger partial charge is 0.397 e. The molecule has 2 aromatic rings. The summed E-state index contributed by atoms with van der Waals surface area (Å²) in [7, 11) is 0. The van der Waals surface area contributed by atoms with E-state index >= 15 is 0 Å². The van der Waals surface area contributed by atoms with Gasteiger partial charge >= 0.3 is 0 Å². The molecule has 6 nitrogen and oxygen atoms in total. The molecular weight excluding hydrogens is 286 g/mol. The zero-order valence-electron chi connectivity index (χ0n) is 11.9. The van der Waals surface area contributed by atoms with Crippen molar-refractivity contribution >= 4 is 27.9 Å². The standard InChI is InChI=1S/C14H19N5OS/c1-3-4-17-14(20)13-11(15)7-12(21-13)16-5-6-19-9-10(2)8-18-19/h3,7-9,16H,1,4-6,15H2,2H3,(H,17,20). The van der Waals surface area contributed by atoms with E-state index in [1.54, 1.807) is 12.1 Å². The Kier molecular flexibility index (Phi) is 4.99. The fourth-order valence-corrected chi connectivity index (χ4v) is 2.72. The first-order chi connectivity index (χ1) is 10.1. The Balaban J connectivity index is 1.89. The molecule has 0 atom stereocenters. The molecule has 0 saturated heterocycles. The van der Waals surface area contributed by atoms with Gasteiger partial charge in [0, 0.05) is 19.3 Å². The lowest BCUT2D eigenvalue weighted by Gasteiger charge is -2.03. The third-order valence-electron chi connectivity index (χ3n) is 2.78. The number of thiophene rings is 1. The Hall–Kier alpha value is -2.28. The summed E-state index contributed by atoms with van der Waals surface area (Å²) in [4.78, 5) is 12.4. The molecule has 21 heavy (non-hydrogen) atoms. The molecule has 2 rings (SSSR count). The number of rotatable bonds is 7. The van der Waals surface area contributed by atoms with E-state index in [0.29, 0.717) is 17.1 Å². The van der Waals surface area contributed by atoms with E-state index in [-0.39, 0.29) is 5.91 Å². The van der Waals surface area contributed by atoms with Crippen LogP contribution in [0.15, 0.2) is 31.1 Å². The number of hydrogen-bond acceptors (Lipinski definition) is 5. The number of nitrogens with one attached hydrogen (secondary N) is 2. The van der Waals surface area contributed by atoms with Crippen LogP contribution in [0.1, 0.15) is 15.2 Å². The molecule has 0 radical (unpaired) electrons. The van der Waals surface area contributed by atoms with Crippen LogP contribution < -0.4 is 16.4 Å². The minimum Gasteiger partial charge on any atom is -0.397 e. The highest BCUT2D eigenvalue weighted by atomic mass is 32.1. The van der Waals surface area contributed by atoms with Gasteiger partial charge in [0.1, 0.15) is 4.88 Å². The number of nitrogen functional groups attached to an aromatic ring is 1. The fourth-order valence-electron chi connectivity index (χ4n) is 1.80. The van der Waals surface area contributed by atoms with Crippen LogP contribution in [0.25, 0.3) is 0 Å². The molecule has 1 amide bonds. The number of anilines is 2. The van der Waals surface area contributed by atoms with Crippen LogP contribution in [0.5, 0.6) is 0 Å². The summed E-state index contributed by atoms with van der Waals surface area (Å²) in [5.74, 6) is -0.173. The predicted molar refractivity (Wildman–Crippen MR) is 86.7 cm³/mol. The van der Waals surface area contributed by atoms with Crippen LogP contribution >= 0.6 is 11.3 Å². The second kappa shape index (κ2) is 6.94. The van der Waals surface area contributed by atoms with Crippen LogP contribution in [0.2, 0.25) is 0 Å². The van der Waals surface area contributed by atoms with Gasteiger partial charge in [0.15, 0.2) is 0 Å². The monoisotopic (exact) mass is 305 g/mol. The zero-order chi connectivity index (χ0) is 15.2. The molecule has 4 N–H and O–H groups in total. The minimum atomic E-state index is -0.173. The molecule has 0 aliphatic rings. The molecule has 2 aromatic heterocycles. The third-order valence-corrected chi connectivity index (χ3v) is 3.88. The van der Waals surface area contributed by atoms with Crippen molar-refractivity contribution in [3.05, 3.63) is 41.6 Å². The third kappa shape index (κ3) is 4.09. The van der Waals surface area contributed by atoms with E-state index in [2.05, 4.69) is 22.3 Å². The zero-order valence-corrected chi connectivity index (χ0v) is 12.7. The molecule has 0 unspecified atom stereocenters. The van der Waals surface area contributed by atoms with E-state index in [1.807, 2.05) is 24.0 Å². The average Bonchev–Trinajstić information content (AvgIpc) is 3.02. The van der Waals surface area contributed by atoms with Crippen molar-refractivity contribution in [2.45, 2.75) is 13.5 Å². The fraction of sp³-hybridized carbons (Fsp3) is 0.286. The van der Waals surface area contributed by atoms with Crippen molar-refractivity contribution < 1.29 is 4.79 Å². The van der Waals surface area contributed by atoms with Gasteiger partial charge < -0.3 is 16.4 Å². The number of carbonyl (C=O) groups is 1. The molecule has 0 spiro atoms. The van der Waals surface area contributed by atoms with Crippen molar-refractivity contribution in [2.24, 2.45) is 0 Å². The smallest absolute Gasteiger partial charge is 0.263 e. The molecule has 0 aliphatic heterocycles. The van der Waals surface area contributed by atoms with Crippen LogP contribution in [0, 0.1) is 6.92 Å². The number of nitrogens with zero attached hydrogens (tertiary/aromatic N) is 2. The van der Waals surface area contributed by atoms with E-state index in [0.717, 1.165) is 23.7 Å². The summed E-state index contributed by atoms with van der Waals surface area (Å²) >= 11 is 1.35. The van der Waals surface area contributed by atoms with Crippen molar-refractivity contribution in [2.75, 3.05) is 24.1 Å². The summed E-state index contributed by atoms with van der Waals surface area (Å²) in [6, 6.07) is 1.78. The number of nitrogens with two attached hydrogens (primary N) is 1. The van der Waals surface area contributed by atoms with E-state index in [9.17, 15) is 4.79 Å². The topological polar surface area (TPSA) is 85.0 Å². The maximum atomic E-state index is 11.9. The van der Waals surface area contributed by atoms with Crippen molar-refractivity contribution in [1.82, 2.24) is 15.1 Å². The lowest BCUT2D eigenvalue weighted by atomic mass is 10.3. The van der Waals surface area contributed by atoms with Crippen molar-refractivity contribution in [3.63, 3.8) is 0 Å². The molecule has 0 aliphatic carbocycles. The molecule has 7 heteroatoms. The minimum absolute atomic E-state index is 0.173. The average molecular weight is 305 g/mol. The van der Waals surface area contributed by atoms with Crippen LogP contribution in [-0.4, -0.2) is 28.8 Å². The molecular formula is C14H19N5OS. The summed E-state index contributed by atoms with van der Waals surface area (Å²) in [6.07, 6.45) is 5.44. The molecule has 0 fully saturated rings. The lowest BCUT2D eigenvalue weighted by molar-refractivity contribution is 0.0963. The van der Waals surface area contributed by atoms with Crippen molar-refractivity contribution in [1.29, 1.82) is 0 Å². The second-order valence-corrected chi connectivity index (χ2v) is 5.65. The van der Waals surface area contributed by atoms with Crippen molar-refractivity contribution in [3.8, 4) is 0 Å². The van der Waals surface area contributed by atoms with Gasteiger partial charge in [-0.25, -0.2) is 0 Å². The van der Waals surface area contributed by atoms with Gasteiger partial charge in [0.2, 0.25) is 0 Å². The summed E-state index contributed by atoms with van der Waals surface area (Å²) in [5.41, 5.74) is 7.49. The molecule has 0 aromatic carbocycles. The number of hydrogen-bond donors (Lipinski definition) is 3. The van der Waals surface area contributed by atoms with Gasteiger partial charge in [-0.1, -0.05) is 6.08 Å². The highest BCUT2D eigenvalue weighted by Crippen LogP contribution is 2.28. The number of carbonyl (C=O) groups excluding carboxylic acids is 1. The SMILES string of the molecule is C=CCNC(=O)c1sc(NCCn2cc(C)cn2)cc1N. The van der Waals surface area contributed by atoms with Gasteiger partial charge in [-0.3, -0.25) is 9.48 Å². The van der Waals surface area contributed by atoms with Crippen LogP contribution in [0.3, 0.4) is 0 Å². The quantitative estimate of drug-likeness (QED) is 0.682. The van der Waals surface area contributed by atoms with Gasteiger partial charge in [-0.05, 0) is 18.6 Å². The maximum Gasteiger partial charge on any atom is 0.263 e. The second-order valence-electron chi connectivity index (χ2n) is 4.60. The number of aromatic nitrogens is 2. The van der Waals surface area contributed by atoms with Gasteiger partial charge in [-0.2, -0.15) is 5.10 Å². The molecule has 0 bridgehead atoms. The number of amides is 1. The van der Waals surface area contributed by atoms with Gasteiger partial charge in [0.25, 0.3) is 5.91 Å². The number of aryl methyl sites for hydroxylation is 1. The summed E-state index contributed by atoms with van der Waals surface area (Å²) in [6.45, 7) is 7.47. The highest BCUT2D eigenvalue weighted by Gasteiger charge is 2.13. The summed E-state index contributed by atoms with van der Waals surface area (Å²) < 4.78 is 1.87. The maximum absolute atomic E-state index is 11.9. The first kappa shape index (κ1) is 15.1. The Morgan fingerprint density at radius 2 is 2.43 bits per heavy atom. The molecule has 112 valence electrons.